The van der Waals surface area contributed by atoms with Gasteiger partial charge < -0.3 is 21.4 Å². The maximum Gasteiger partial charge on any atom is 0.131 e. The Morgan fingerprint density at radius 2 is 2.03 bits per heavy atom. The molecule has 5 N–H and O–H groups in total. The van der Waals surface area contributed by atoms with Crippen LogP contribution >= 0.6 is 0 Å². The van der Waals surface area contributed by atoms with Gasteiger partial charge in [-0.25, -0.2) is 9.37 Å². The highest BCUT2D eigenvalue weighted by molar-refractivity contribution is 5.82. The fourth-order valence-electron chi connectivity index (χ4n) is 5.64. The van der Waals surface area contributed by atoms with Crippen molar-refractivity contribution in [1.82, 2.24) is 19.8 Å². The lowest BCUT2D eigenvalue weighted by Crippen LogP contribution is -2.46. The molecule has 3 heterocycles. The number of aromatic amines is 1. The van der Waals surface area contributed by atoms with Crippen LogP contribution < -0.4 is 11.5 Å². The molecule has 2 aliphatic rings. The number of nitrogens with one attached hydrogen (secondary N) is 1. The van der Waals surface area contributed by atoms with Crippen molar-refractivity contribution in [3.63, 3.8) is 0 Å². The number of hydrogen-bond acceptors (Lipinski definition) is 6. The molecular weight excluding hydrogens is 477 g/mol. The molecule has 2 aromatic rings. The lowest BCUT2D eigenvalue weighted by molar-refractivity contribution is 0.0960. The second-order valence-corrected chi connectivity index (χ2v) is 11.4. The number of likely N-dealkylation sites (tertiary alicyclic amines) is 1. The van der Waals surface area contributed by atoms with E-state index < -0.39 is 6.04 Å². The second kappa shape index (κ2) is 11.2. The summed E-state index contributed by atoms with van der Waals surface area (Å²) in [7, 11) is 0. The molecule has 2 aliphatic heterocycles. The molecule has 0 aliphatic carbocycles. The Labute approximate surface area is 226 Å². The van der Waals surface area contributed by atoms with Crippen molar-refractivity contribution < 1.29 is 4.39 Å². The average molecular weight is 520 g/mol. The van der Waals surface area contributed by atoms with Gasteiger partial charge >= 0.3 is 0 Å². The topological polar surface area (TPSA) is 99.6 Å². The molecule has 8 heteroatoms. The maximum atomic E-state index is 15.4. The van der Waals surface area contributed by atoms with E-state index in [1.807, 2.05) is 11.0 Å². The van der Waals surface area contributed by atoms with Gasteiger partial charge in [0.15, 0.2) is 0 Å². The molecule has 0 saturated carbocycles. The molecule has 4 rings (SSSR count). The lowest BCUT2D eigenvalue weighted by atomic mass is 9.88. The largest absolute Gasteiger partial charge is 0.404 e. The van der Waals surface area contributed by atoms with Crippen molar-refractivity contribution in [1.29, 1.82) is 0 Å². The molecule has 1 atom stereocenters. The fraction of sp³-hybridized carbons (Fsp3) is 0.467. The zero-order valence-electron chi connectivity index (χ0n) is 23.2. The third-order valence-corrected chi connectivity index (χ3v) is 7.81. The quantitative estimate of drug-likeness (QED) is 0.397. The molecular formula is C30H42FN7. The summed E-state index contributed by atoms with van der Waals surface area (Å²) in [5.74, 6) is 0.0295. The number of halogens is 1. The van der Waals surface area contributed by atoms with Crippen LogP contribution in [0.5, 0.6) is 0 Å². The SMILES string of the molecule is C=C(N)C(c1nc[nH]c1CCC)N1Cc2c(F)cc(N=C/C(=C\N)C3CCN(C(C)(C)C)CC3)cc2C1=C. The van der Waals surface area contributed by atoms with Crippen molar-refractivity contribution >= 4 is 17.6 Å². The third kappa shape index (κ3) is 5.55. The molecule has 38 heavy (non-hydrogen) atoms. The number of aryl methyl sites for hydroxylation is 1. The summed E-state index contributed by atoms with van der Waals surface area (Å²) in [5.41, 5.74) is 18.2. The van der Waals surface area contributed by atoms with Gasteiger partial charge in [-0.3, -0.25) is 9.89 Å². The maximum absolute atomic E-state index is 15.4. The Kier molecular flexibility index (Phi) is 8.11. The first-order valence-corrected chi connectivity index (χ1v) is 13.5. The Hall–Kier alpha value is -3.39. The van der Waals surface area contributed by atoms with Gasteiger partial charge in [0.25, 0.3) is 0 Å². The monoisotopic (exact) mass is 519 g/mol. The van der Waals surface area contributed by atoms with Crippen LogP contribution in [0, 0.1) is 11.7 Å². The van der Waals surface area contributed by atoms with E-state index in [4.69, 9.17) is 11.5 Å². The summed E-state index contributed by atoms with van der Waals surface area (Å²) < 4.78 is 15.4. The zero-order valence-corrected chi connectivity index (χ0v) is 23.2. The number of benzene rings is 1. The summed E-state index contributed by atoms with van der Waals surface area (Å²) in [6.45, 7) is 19.5. The van der Waals surface area contributed by atoms with Crippen LogP contribution in [0.4, 0.5) is 10.1 Å². The van der Waals surface area contributed by atoms with Crippen LogP contribution in [0.25, 0.3) is 5.70 Å². The first kappa shape index (κ1) is 27.6. The molecule has 7 nitrogen and oxygen atoms in total. The molecule has 1 fully saturated rings. The standard InChI is InChI=1S/C30H42FN7/c1-7-8-27-28(36-18-35-27)29(19(2)33)38-17-25-24(20(38)3)13-23(14-26(25)31)34-16-22(15-32)21-9-11-37(12-10-21)30(4,5)6/h13-16,18,21,29H,2-3,7-12,17,32-33H2,1,4-6H3,(H,35,36)/b22-15+,34-16?. The van der Waals surface area contributed by atoms with Gasteiger partial charge in [0.1, 0.15) is 11.9 Å². The second-order valence-electron chi connectivity index (χ2n) is 11.4. The van der Waals surface area contributed by atoms with E-state index in [1.54, 1.807) is 18.7 Å². The Morgan fingerprint density at radius 3 is 2.63 bits per heavy atom. The Bertz CT molecular complexity index is 1240. The first-order valence-electron chi connectivity index (χ1n) is 13.5. The summed E-state index contributed by atoms with van der Waals surface area (Å²) in [5, 5.41) is 0. The smallest absolute Gasteiger partial charge is 0.131 e. The van der Waals surface area contributed by atoms with Crippen molar-refractivity contribution in [2.24, 2.45) is 22.4 Å². The van der Waals surface area contributed by atoms with Crippen LogP contribution in [0.3, 0.4) is 0 Å². The number of imidazole rings is 1. The van der Waals surface area contributed by atoms with Crippen LogP contribution in [-0.2, 0) is 13.0 Å². The highest BCUT2D eigenvalue weighted by atomic mass is 19.1. The van der Waals surface area contributed by atoms with Crippen molar-refractivity contribution in [3.8, 4) is 0 Å². The summed E-state index contributed by atoms with van der Waals surface area (Å²) in [6, 6.07) is 2.97. The van der Waals surface area contributed by atoms with E-state index in [-0.39, 0.29) is 11.4 Å². The van der Waals surface area contributed by atoms with Gasteiger partial charge in [0.05, 0.1) is 17.7 Å². The summed E-state index contributed by atoms with van der Waals surface area (Å²) >= 11 is 0. The number of nitrogens with two attached hydrogens (primary N) is 2. The zero-order chi connectivity index (χ0) is 27.6. The van der Waals surface area contributed by atoms with Gasteiger partial charge in [-0.05, 0) is 82.9 Å². The molecule has 0 spiro atoms. The minimum atomic E-state index is -0.403. The normalized spacial score (nSPS) is 18.4. The molecule has 0 amide bonds. The van der Waals surface area contributed by atoms with Gasteiger partial charge in [-0.2, -0.15) is 0 Å². The molecule has 1 unspecified atom stereocenters. The van der Waals surface area contributed by atoms with E-state index in [9.17, 15) is 0 Å². The first-order chi connectivity index (χ1) is 18.0. The summed E-state index contributed by atoms with van der Waals surface area (Å²) in [4.78, 5) is 16.9. The molecule has 0 bridgehead atoms. The van der Waals surface area contributed by atoms with Gasteiger partial charge in [-0.1, -0.05) is 26.5 Å². The van der Waals surface area contributed by atoms with Crippen molar-refractivity contribution in [2.75, 3.05) is 13.1 Å². The third-order valence-electron chi connectivity index (χ3n) is 7.81. The lowest BCUT2D eigenvalue weighted by Gasteiger charge is -2.41. The van der Waals surface area contributed by atoms with Crippen molar-refractivity contribution in [2.45, 2.75) is 71.5 Å². The van der Waals surface area contributed by atoms with Gasteiger partial charge in [0, 0.05) is 46.5 Å². The minimum absolute atomic E-state index is 0.161. The molecule has 1 aromatic carbocycles. The number of allylic oxidation sites excluding steroid dienone is 1. The van der Waals surface area contributed by atoms with Crippen LogP contribution in [0.15, 0.2) is 54.1 Å². The van der Waals surface area contributed by atoms with Gasteiger partial charge in [-0.15, -0.1) is 0 Å². The highest BCUT2D eigenvalue weighted by Crippen LogP contribution is 2.42. The van der Waals surface area contributed by atoms with E-state index in [0.29, 0.717) is 35.1 Å². The van der Waals surface area contributed by atoms with Gasteiger partial charge in [0.2, 0.25) is 0 Å². The molecule has 0 radical (unpaired) electrons. The minimum Gasteiger partial charge on any atom is -0.404 e. The van der Waals surface area contributed by atoms with E-state index in [1.165, 1.54) is 6.07 Å². The number of piperidine rings is 1. The molecule has 204 valence electrons. The van der Waals surface area contributed by atoms with E-state index >= 15 is 4.39 Å². The van der Waals surface area contributed by atoms with E-state index in [0.717, 1.165) is 61.3 Å². The summed E-state index contributed by atoms with van der Waals surface area (Å²) in [6.07, 6.45) is 8.95. The van der Waals surface area contributed by atoms with Crippen LogP contribution in [0.1, 0.15) is 75.5 Å². The number of nitrogens with zero attached hydrogens (tertiary/aromatic N) is 4. The number of aliphatic imine (C=N–C) groups is 1. The molecule has 1 saturated heterocycles. The number of fused-ring (bicyclic) bond motifs is 1. The fourth-order valence-corrected chi connectivity index (χ4v) is 5.64. The van der Waals surface area contributed by atoms with Crippen LogP contribution in [-0.4, -0.2) is 44.6 Å². The average Bonchev–Trinajstić information content (AvgIpc) is 3.45. The molecule has 1 aromatic heterocycles. The number of H-pyrrole nitrogens is 1. The Morgan fingerprint density at radius 1 is 1.32 bits per heavy atom. The number of aromatic nitrogens is 2. The highest BCUT2D eigenvalue weighted by Gasteiger charge is 2.35. The van der Waals surface area contributed by atoms with E-state index in [2.05, 4.69) is 60.7 Å². The van der Waals surface area contributed by atoms with Crippen LogP contribution in [0.2, 0.25) is 0 Å². The predicted molar refractivity (Wildman–Crippen MR) is 154 cm³/mol. The predicted octanol–water partition coefficient (Wildman–Crippen LogP) is 5.56. The Balaban J connectivity index is 1.54. The number of hydrogen-bond donors (Lipinski definition) is 3. The van der Waals surface area contributed by atoms with Crippen molar-refractivity contribution in [3.05, 3.63) is 77.4 Å². The number of rotatable bonds is 8.